The van der Waals surface area contributed by atoms with Gasteiger partial charge in [0.05, 0.1) is 24.3 Å². The Balaban J connectivity index is 1.54. The van der Waals surface area contributed by atoms with Crippen molar-refractivity contribution in [1.82, 2.24) is 9.55 Å². The summed E-state index contributed by atoms with van der Waals surface area (Å²) in [4.78, 5) is 4.17. The third-order valence-electron chi connectivity index (χ3n) is 5.79. The molecular weight excluding hydrogens is 310 g/mol. The van der Waals surface area contributed by atoms with E-state index in [9.17, 15) is 9.50 Å². The van der Waals surface area contributed by atoms with Crippen molar-refractivity contribution >= 4 is 0 Å². The van der Waals surface area contributed by atoms with Crippen LogP contribution in [0.2, 0.25) is 0 Å². The van der Waals surface area contributed by atoms with Gasteiger partial charge in [-0.05, 0) is 50.5 Å². The van der Waals surface area contributed by atoms with Gasteiger partial charge in [-0.2, -0.15) is 0 Å². The van der Waals surface area contributed by atoms with Crippen LogP contribution in [0.15, 0.2) is 30.7 Å². The van der Waals surface area contributed by atoms with Gasteiger partial charge in [0.1, 0.15) is 11.5 Å². The third-order valence-corrected chi connectivity index (χ3v) is 5.79. The van der Waals surface area contributed by atoms with Crippen molar-refractivity contribution in [3.8, 4) is 11.3 Å². The van der Waals surface area contributed by atoms with Crippen molar-refractivity contribution in [3.63, 3.8) is 0 Å². The molecule has 0 radical (unpaired) electrons. The van der Waals surface area contributed by atoms with E-state index in [1.54, 1.807) is 18.6 Å². The number of benzene rings is 1. The fourth-order valence-corrected chi connectivity index (χ4v) is 4.31. The van der Waals surface area contributed by atoms with E-state index in [2.05, 4.69) is 4.98 Å². The van der Waals surface area contributed by atoms with Crippen molar-refractivity contribution in [3.05, 3.63) is 42.1 Å². The summed E-state index contributed by atoms with van der Waals surface area (Å²) in [7, 11) is 0. The summed E-state index contributed by atoms with van der Waals surface area (Å²) >= 11 is 0. The predicted octanol–water partition coefficient (Wildman–Crippen LogP) is 4.26. The van der Waals surface area contributed by atoms with Crippen molar-refractivity contribution in [2.75, 3.05) is 6.61 Å². The second kappa shape index (κ2) is 5.96. The van der Waals surface area contributed by atoms with Gasteiger partial charge in [0, 0.05) is 17.7 Å². The highest BCUT2D eigenvalue weighted by Crippen LogP contribution is 2.45. The van der Waals surface area contributed by atoms with Gasteiger partial charge in [-0.1, -0.05) is 12.1 Å². The maximum atomic E-state index is 15.1. The summed E-state index contributed by atoms with van der Waals surface area (Å²) in [6.07, 6.45) is 6.90. The summed E-state index contributed by atoms with van der Waals surface area (Å²) in [5.74, 6) is 0.0110. The Labute approximate surface area is 140 Å². The SMILES string of the molecule is OCC1CCC(F)(CCC2c3c(F)cccc3-c3cncn32)CC1. The van der Waals surface area contributed by atoms with Crippen LogP contribution in [0.4, 0.5) is 8.78 Å². The number of rotatable bonds is 4. The van der Waals surface area contributed by atoms with Crippen molar-refractivity contribution in [2.24, 2.45) is 5.92 Å². The maximum Gasteiger partial charge on any atom is 0.129 e. The Morgan fingerprint density at radius 2 is 2.08 bits per heavy atom. The minimum atomic E-state index is -1.19. The lowest BCUT2D eigenvalue weighted by atomic mass is 9.77. The van der Waals surface area contributed by atoms with Crippen LogP contribution in [-0.2, 0) is 0 Å². The van der Waals surface area contributed by atoms with E-state index in [4.69, 9.17) is 0 Å². The van der Waals surface area contributed by atoms with Gasteiger partial charge in [-0.3, -0.25) is 0 Å². The van der Waals surface area contributed by atoms with Gasteiger partial charge in [0.25, 0.3) is 0 Å². The first-order chi connectivity index (χ1) is 11.6. The summed E-state index contributed by atoms with van der Waals surface area (Å²) in [5, 5.41) is 9.21. The van der Waals surface area contributed by atoms with E-state index < -0.39 is 5.67 Å². The van der Waals surface area contributed by atoms with E-state index >= 15 is 4.39 Å². The lowest BCUT2D eigenvalue weighted by molar-refractivity contribution is 0.0529. The topological polar surface area (TPSA) is 38.1 Å². The first kappa shape index (κ1) is 15.8. The number of nitrogens with zero attached hydrogens (tertiary/aromatic N) is 2. The molecule has 1 aliphatic carbocycles. The zero-order valence-electron chi connectivity index (χ0n) is 13.6. The van der Waals surface area contributed by atoms with Crippen LogP contribution in [0, 0.1) is 11.7 Å². The number of fused-ring (bicyclic) bond motifs is 3. The first-order valence-electron chi connectivity index (χ1n) is 8.72. The maximum absolute atomic E-state index is 15.1. The molecule has 2 aliphatic rings. The highest BCUT2D eigenvalue weighted by molar-refractivity contribution is 5.69. The number of aromatic nitrogens is 2. The average Bonchev–Trinajstić information content (AvgIpc) is 3.16. The molecule has 1 fully saturated rings. The molecule has 1 aromatic carbocycles. The van der Waals surface area contributed by atoms with Crippen LogP contribution in [-0.4, -0.2) is 26.9 Å². The van der Waals surface area contributed by atoms with Gasteiger partial charge >= 0.3 is 0 Å². The molecule has 1 unspecified atom stereocenters. The molecule has 2 heterocycles. The van der Waals surface area contributed by atoms with Crippen molar-refractivity contribution < 1.29 is 13.9 Å². The largest absolute Gasteiger partial charge is 0.396 e. The molecule has 1 atom stereocenters. The number of hydrogen-bond donors (Lipinski definition) is 1. The Kier molecular flexibility index (Phi) is 3.91. The molecule has 4 rings (SSSR count). The highest BCUT2D eigenvalue weighted by Gasteiger charge is 2.38. The van der Waals surface area contributed by atoms with E-state index in [1.165, 1.54) is 6.07 Å². The molecule has 3 nitrogen and oxygen atoms in total. The lowest BCUT2D eigenvalue weighted by Gasteiger charge is -2.34. The molecule has 24 heavy (non-hydrogen) atoms. The highest BCUT2D eigenvalue weighted by atomic mass is 19.1. The van der Waals surface area contributed by atoms with Crippen LogP contribution in [0.3, 0.4) is 0 Å². The van der Waals surface area contributed by atoms with Crippen LogP contribution < -0.4 is 0 Å². The van der Waals surface area contributed by atoms with Crippen LogP contribution in [0.1, 0.15) is 50.1 Å². The average molecular weight is 332 g/mol. The number of aliphatic hydroxyl groups excluding tert-OH is 1. The van der Waals surface area contributed by atoms with Gasteiger partial charge < -0.3 is 9.67 Å². The number of aliphatic hydroxyl groups is 1. The summed E-state index contributed by atoms with van der Waals surface area (Å²) in [6.45, 7) is 0.149. The van der Waals surface area contributed by atoms with Crippen LogP contribution in [0.25, 0.3) is 11.3 Å². The fraction of sp³-hybridized carbons (Fsp3) is 0.526. The standard InChI is InChI=1S/C19H22F2N2O/c20-15-3-1-2-14-17-10-22-12-23(17)16(18(14)15)6-9-19(21)7-4-13(11-24)5-8-19/h1-3,10,12-13,16,24H,4-9,11H2. The summed E-state index contributed by atoms with van der Waals surface area (Å²) in [5.41, 5.74) is 1.25. The Morgan fingerprint density at radius 3 is 2.83 bits per heavy atom. The molecule has 0 spiro atoms. The van der Waals surface area contributed by atoms with E-state index in [0.717, 1.165) is 24.1 Å². The molecule has 1 N–H and O–H groups in total. The number of halogens is 2. The van der Waals surface area contributed by atoms with Gasteiger partial charge in [0.2, 0.25) is 0 Å². The smallest absolute Gasteiger partial charge is 0.129 e. The van der Waals surface area contributed by atoms with E-state index in [-0.39, 0.29) is 24.4 Å². The second-order valence-electron chi connectivity index (χ2n) is 7.22. The normalized spacial score (nSPS) is 28.6. The third kappa shape index (κ3) is 2.55. The molecule has 1 aromatic heterocycles. The van der Waals surface area contributed by atoms with Gasteiger partial charge in [-0.15, -0.1) is 0 Å². The molecule has 5 heteroatoms. The molecule has 128 valence electrons. The van der Waals surface area contributed by atoms with Gasteiger partial charge in [0.15, 0.2) is 0 Å². The fourth-order valence-electron chi connectivity index (χ4n) is 4.31. The quantitative estimate of drug-likeness (QED) is 0.908. The minimum Gasteiger partial charge on any atom is -0.396 e. The summed E-state index contributed by atoms with van der Waals surface area (Å²) < 4.78 is 31.5. The minimum absolute atomic E-state index is 0.149. The van der Waals surface area contributed by atoms with Crippen LogP contribution >= 0.6 is 0 Å². The van der Waals surface area contributed by atoms with Crippen LogP contribution in [0.5, 0.6) is 0 Å². The molecule has 1 aliphatic heterocycles. The molecule has 1 saturated carbocycles. The van der Waals surface area contributed by atoms with E-state index in [0.29, 0.717) is 31.2 Å². The molecule has 0 bridgehead atoms. The lowest BCUT2D eigenvalue weighted by Crippen LogP contribution is -2.31. The zero-order valence-corrected chi connectivity index (χ0v) is 13.6. The monoisotopic (exact) mass is 332 g/mol. The number of alkyl halides is 1. The number of imidazole rings is 1. The molecule has 2 aromatic rings. The van der Waals surface area contributed by atoms with Crippen molar-refractivity contribution in [2.45, 2.75) is 50.2 Å². The Bertz CT molecular complexity index is 735. The zero-order chi connectivity index (χ0) is 16.7. The summed E-state index contributed by atoms with van der Waals surface area (Å²) in [6, 6.07) is 4.91. The van der Waals surface area contributed by atoms with Gasteiger partial charge in [-0.25, -0.2) is 13.8 Å². The molecule has 0 amide bonds. The first-order valence-corrected chi connectivity index (χ1v) is 8.72. The number of hydrogen-bond acceptors (Lipinski definition) is 2. The Hall–Kier alpha value is -1.75. The van der Waals surface area contributed by atoms with E-state index in [1.807, 2.05) is 10.6 Å². The predicted molar refractivity (Wildman–Crippen MR) is 87.9 cm³/mol. The van der Waals surface area contributed by atoms with Crippen molar-refractivity contribution in [1.29, 1.82) is 0 Å². The second-order valence-corrected chi connectivity index (χ2v) is 7.22. The Morgan fingerprint density at radius 1 is 1.29 bits per heavy atom. The molecule has 0 saturated heterocycles. The molecular formula is C19H22F2N2O.